The first-order valence-electron chi connectivity index (χ1n) is 15.8. The lowest BCUT2D eigenvalue weighted by atomic mass is 9.87. The van der Waals surface area contributed by atoms with Gasteiger partial charge in [0.15, 0.2) is 34.6 Å². The van der Waals surface area contributed by atoms with Crippen LogP contribution in [-0.2, 0) is 22.4 Å². The number of methoxy groups -OCH3 is 1. The van der Waals surface area contributed by atoms with E-state index in [-0.39, 0.29) is 41.9 Å². The summed E-state index contributed by atoms with van der Waals surface area (Å²) in [7, 11) is 3.49. The Hall–Kier alpha value is -4.83. The maximum Gasteiger partial charge on any atom is 0.415 e. The molecule has 1 aliphatic carbocycles. The highest BCUT2D eigenvalue weighted by Crippen LogP contribution is 2.49. The zero-order valence-corrected chi connectivity index (χ0v) is 27.0. The number of fused-ring (bicyclic) bond motifs is 1. The van der Waals surface area contributed by atoms with Crippen molar-refractivity contribution >= 4 is 28.6 Å². The summed E-state index contributed by atoms with van der Waals surface area (Å²) in [6.07, 6.45) is 2.26. The molecule has 1 aromatic heterocycles. The first kappa shape index (κ1) is 32.1. The summed E-state index contributed by atoms with van der Waals surface area (Å²) in [6, 6.07) is 17.2. The van der Waals surface area contributed by atoms with Gasteiger partial charge in [-0.2, -0.15) is 0 Å². The molecule has 1 saturated heterocycles. The Kier molecular flexibility index (Phi) is 8.96. The van der Waals surface area contributed by atoms with Gasteiger partial charge in [0.2, 0.25) is 0 Å². The number of nitrogens with zero attached hydrogens (tertiary/aromatic N) is 3. The molecule has 0 radical (unpaired) electrons. The van der Waals surface area contributed by atoms with E-state index in [1.54, 1.807) is 29.2 Å². The highest BCUT2D eigenvalue weighted by Gasteiger charge is 2.54. The van der Waals surface area contributed by atoms with E-state index in [9.17, 15) is 14.4 Å². The number of hydrogen-bond acceptors (Lipinski definition) is 8. The predicted octanol–water partition coefficient (Wildman–Crippen LogP) is 6.32. The summed E-state index contributed by atoms with van der Waals surface area (Å²) < 4.78 is 32.6. The number of aryl methyl sites for hydroxylation is 1. The fourth-order valence-corrected chi connectivity index (χ4v) is 5.94. The van der Waals surface area contributed by atoms with Crippen molar-refractivity contribution in [1.29, 1.82) is 0 Å². The first-order valence-corrected chi connectivity index (χ1v) is 15.8. The number of ether oxygens (including phenoxy) is 3. The van der Waals surface area contributed by atoms with Crippen LogP contribution in [0, 0.1) is 18.2 Å². The molecule has 0 unspecified atom stereocenters. The standard InChI is InChI=1S/C37H38FN3O6/c1-23-5-7-25(8-6-23)18-34(42)37(12-13-37)35(43)19-26-9-10-31(28(38)17-26)46-30-11-14-39-29-21-33(32(45-4)20-27(29)30)47-36(44)41-16-15-40(3)24(2)22-41/h5-11,14,17,20-21,24H,12-13,15-16,18-19,22H2,1-4H3/t24-/m0/s1. The van der Waals surface area contributed by atoms with E-state index in [2.05, 4.69) is 16.8 Å². The Morgan fingerprint density at radius 1 is 0.894 bits per heavy atom. The van der Waals surface area contributed by atoms with Crippen LogP contribution in [-0.4, -0.2) is 72.3 Å². The molecule has 2 aliphatic rings. The van der Waals surface area contributed by atoms with Gasteiger partial charge >= 0.3 is 6.09 Å². The second-order valence-electron chi connectivity index (χ2n) is 12.6. The molecule has 1 atom stereocenters. The number of ketones is 2. The monoisotopic (exact) mass is 639 g/mol. The van der Waals surface area contributed by atoms with Gasteiger partial charge in [-0.1, -0.05) is 35.9 Å². The highest BCUT2D eigenvalue weighted by atomic mass is 19.1. The number of rotatable bonds is 10. The molecule has 9 nitrogen and oxygen atoms in total. The van der Waals surface area contributed by atoms with Crippen molar-refractivity contribution in [3.8, 4) is 23.0 Å². The van der Waals surface area contributed by atoms with Gasteiger partial charge in [-0.25, -0.2) is 9.18 Å². The Bertz CT molecular complexity index is 1840. The Morgan fingerprint density at radius 3 is 2.26 bits per heavy atom. The number of carbonyl (C=O) groups excluding carboxylic acids is 3. The molecule has 6 rings (SSSR count). The van der Waals surface area contributed by atoms with Crippen LogP contribution in [0.3, 0.4) is 0 Å². The average molecular weight is 640 g/mol. The number of aromatic nitrogens is 1. The third-order valence-electron chi connectivity index (χ3n) is 9.29. The predicted molar refractivity (Wildman–Crippen MR) is 175 cm³/mol. The van der Waals surface area contributed by atoms with Crippen molar-refractivity contribution in [2.45, 2.75) is 45.6 Å². The van der Waals surface area contributed by atoms with Gasteiger partial charge in [-0.15, -0.1) is 0 Å². The van der Waals surface area contributed by atoms with Crippen LogP contribution in [0.5, 0.6) is 23.0 Å². The molecular weight excluding hydrogens is 601 g/mol. The van der Waals surface area contributed by atoms with Crippen LogP contribution in [0.4, 0.5) is 9.18 Å². The first-order chi connectivity index (χ1) is 22.6. The number of Topliss-reactive ketones (excluding diaryl/α,β-unsaturated/α-hetero) is 2. The highest BCUT2D eigenvalue weighted by molar-refractivity contribution is 6.11. The van der Waals surface area contributed by atoms with Crippen LogP contribution in [0.1, 0.15) is 36.5 Å². The summed E-state index contributed by atoms with van der Waals surface area (Å²) in [5.74, 6) is -0.120. The van der Waals surface area contributed by atoms with Crippen LogP contribution >= 0.6 is 0 Å². The summed E-state index contributed by atoms with van der Waals surface area (Å²) in [4.78, 5) is 47.5. The number of piperazine rings is 1. The van der Waals surface area contributed by atoms with Crippen LogP contribution in [0.15, 0.2) is 66.9 Å². The fraction of sp³-hybridized carbons (Fsp3) is 0.351. The van der Waals surface area contributed by atoms with Gasteiger partial charge in [0, 0.05) is 56.2 Å². The summed E-state index contributed by atoms with van der Waals surface area (Å²) in [5.41, 5.74) is 1.93. The quantitative estimate of drug-likeness (QED) is 0.186. The largest absolute Gasteiger partial charge is 0.493 e. The third-order valence-corrected chi connectivity index (χ3v) is 9.29. The van der Waals surface area contributed by atoms with Crippen LogP contribution < -0.4 is 14.2 Å². The second kappa shape index (κ2) is 13.1. The molecule has 2 fully saturated rings. The normalized spacial score (nSPS) is 17.3. The molecule has 47 heavy (non-hydrogen) atoms. The maximum atomic E-state index is 15.3. The number of halogens is 1. The Balaban J connectivity index is 1.15. The van der Waals surface area contributed by atoms with Gasteiger partial charge < -0.3 is 24.0 Å². The minimum atomic E-state index is -0.984. The smallest absolute Gasteiger partial charge is 0.415 e. The summed E-state index contributed by atoms with van der Waals surface area (Å²) in [6.45, 7) is 5.88. The van der Waals surface area contributed by atoms with Crippen molar-refractivity contribution < 1.29 is 33.0 Å². The topological polar surface area (TPSA) is 98.3 Å². The van der Waals surface area contributed by atoms with Crippen molar-refractivity contribution in [3.63, 3.8) is 0 Å². The van der Waals surface area contributed by atoms with E-state index in [0.717, 1.165) is 17.7 Å². The number of hydrogen-bond donors (Lipinski definition) is 0. The van der Waals surface area contributed by atoms with Gasteiger partial charge in [0.25, 0.3) is 0 Å². The SMILES string of the molecule is COc1cc2c(Oc3ccc(CC(=O)C4(C(=O)Cc5ccc(C)cc5)CC4)cc3F)ccnc2cc1OC(=O)N1CCN(C)[C@@H](C)C1. The lowest BCUT2D eigenvalue weighted by molar-refractivity contribution is -0.133. The molecule has 4 aromatic rings. The van der Waals surface area contributed by atoms with Crippen LogP contribution in [0.25, 0.3) is 10.9 Å². The summed E-state index contributed by atoms with van der Waals surface area (Å²) >= 11 is 0. The van der Waals surface area contributed by atoms with Crippen molar-refractivity contribution in [3.05, 3.63) is 89.4 Å². The molecule has 1 amide bonds. The van der Waals surface area contributed by atoms with Crippen LogP contribution in [0.2, 0.25) is 0 Å². The van der Waals surface area contributed by atoms with E-state index >= 15 is 4.39 Å². The number of carbonyl (C=O) groups is 3. The zero-order chi connectivity index (χ0) is 33.3. The number of likely N-dealkylation sites (N-methyl/N-ethyl adjacent to an activating group) is 1. The van der Waals surface area contributed by atoms with Crippen molar-refractivity contribution in [2.24, 2.45) is 5.41 Å². The molecule has 3 aromatic carbocycles. The molecule has 0 N–H and O–H groups in total. The number of pyridine rings is 1. The van der Waals surface area contributed by atoms with E-state index < -0.39 is 17.3 Å². The van der Waals surface area contributed by atoms with E-state index in [1.807, 2.05) is 38.2 Å². The molecule has 0 bridgehead atoms. The third kappa shape index (κ3) is 6.83. The average Bonchev–Trinajstić information content (AvgIpc) is 3.87. The molecular formula is C37H38FN3O6. The van der Waals surface area contributed by atoms with E-state index in [4.69, 9.17) is 14.2 Å². The van der Waals surface area contributed by atoms with Crippen molar-refractivity contribution in [2.75, 3.05) is 33.8 Å². The Labute approximate surface area is 273 Å². The van der Waals surface area contributed by atoms with Crippen molar-refractivity contribution in [1.82, 2.24) is 14.8 Å². The van der Waals surface area contributed by atoms with Gasteiger partial charge in [0.05, 0.1) is 18.0 Å². The summed E-state index contributed by atoms with van der Waals surface area (Å²) in [5, 5.41) is 0.527. The van der Waals surface area contributed by atoms with E-state index in [1.165, 1.54) is 25.4 Å². The maximum absolute atomic E-state index is 15.3. The van der Waals surface area contributed by atoms with E-state index in [0.29, 0.717) is 53.9 Å². The number of amides is 1. The molecule has 2 heterocycles. The van der Waals surface area contributed by atoms with Gasteiger partial charge in [0.1, 0.15) is 5.75 Å². The molecule has 1 saturated carbocycles. The molecule has 0 spiro atoms. The van der Waals surface area contributed by atoms with Gasteiger partial charge in [-0.05, 0) is 69.1 Å². The lowest BCUT2D eigenvalue weighted by Crippen LogP contribution is -2.52. The molecule has 1 aliphatic heterocycles. The fourth-order valence-electron chi connectivity index (χ4n) is 5.94. The zero-order valence-electron chi connectivity index (χ0n) is 27.0. The minimum absolute atomic E-state index is 0.0380. The Morgan fingerprint density at radius 2 is 1.60 bits per heavy atom. The lowest BCUT2D eigenvalue weighted by Gasteiger charge is -2.36. The minimum Gasteiger partial charge on any atom is -0.493 e. The van der Waals surface area contributed by atoms with Gasteiger partial charge in [-0.3, -0.25) is 14.6 Å². The second-order valence-corrected chi connectivity index (χ2v) is 12.6. The number of benzene rings is 3. The molecule has 10 heteroatoms. The molecule has 244 valence electrons.